The molecule has 142 valence electrons. The number of halogens is 3. The number of hydrogen-bond acceptors (Lipinski definition) is 6. The highest BCUT2D eigenvalue weighted by Gasteiger charge is 2.39. The molecule has 0 spiro atoms. The molecule has 2 heterocycles. The summed E-state index contributed by atoms with van der Waals surface area (Å²) in [5, 5.41) is -0.154. The summed E-state index contributed by atoms with van der Waals surface area (Å²) in [4.78, 5) is 19.8. The normalized spacial score (nSPS) is 15.6. The molecule has 0 unspecified atom stereocenters. The number of sulfone groups is 1. The Morgan fingerprint density at radius 2 is 1.96 bits per heavy atom. The van der Waals surface area contributed by atoms with Crippen LogP contribution in [0, 0.1) is 11.7 Å². The summed E-state index contributed by atoms with van der Waals surface area (Å²) < 4.78 is 46.2. The van der Waals surface area contributed by atoms with E-state index in [9.17, 15) is 17.6 Å². The van der Waals surface area contributed by atoms with Crippen molar-refractivity contribution < 1.29 is 22.3 Å². The first kappa shape index (κ1) is 19.9. The Balaban J connectivity index is 2.42. The van der Waals surface area contributed by atoms with Gasteiger partial charge in [0.1, 0.15) is 16.4 Å². The predicted octanol–water partition coefficient (Wildman–Crippen LogP) is 3.99. The Morgan fingerprint density at radius 3 is 2.63 bits per heavy atom. The van der Waals surface area contributed by atoms with Gasteiger partial charge in [-0.3, -0.25) is 9.78 Å². The van der Waals surface area contributed by atoms with Gasteiger partial charge in [0.05, 0.1) is 28.0 Å². The molecule has 1 aliphatic heterocycles. The average molecular weight is 476 g/mol. The van der Waals surface area contributed by atoms with Crippen molar-refractivity contribution in [1.82, 2.24) is 9.97 Å². The molecule has 10 heteroatoms. The first-order valence-corrected chi connectivity index (χ1v) is 10.6. The topological polar surface area (TPSA) is 86.2 Å². The molecule has 3 rings (SSSR count). The highest BCUT2D eigenvalue weighted by atomic mass is 79.9. The number of carbonyl (C=O) groups is 1. The molecule has 0 saturated carbocycles. The SMILES string of the molecule is CC(C)C(=O)OC1=C(c2c(F)ccc(Br)c2Cl)S(=O)(=O)Cc2nccnc21. The molecule has 0 atom stereocenters. The van der Waals surface area contributed by atoms with Crippen molar-refractivity contribution >= 4 is 54.0 Å². The lowest BCUT2D eigenvalue weighted by atomic mass is 10.1. The van der Waals surface area contributed by atoms with Crippen LogP contribution in [0.3, 0.4) is 0 Å². The second-order valence-corrected chi connectivity index (χ2v) is 9.22. The fraction of sp³-hybridized carbons (Fsp3) is 0.235. The lowest BCUT2D eigenvalue weighted by Gasteiger charge is -2.23. The lowest BCUT2D eigenvalue weighted by Crippen LogP contribution is -2.22. The van der Waals surface area contributed by atoms with E-state index in [1.807, 2.05) is 0 Å². The summed E-state index contributed by atoms with van der Waals surface area (Å²) >= 11 is 9.35. The molecule has 0 radical (unpaired) electrons. The van der Waals surface area contributed by atoms with Gasteiger partial charge in [0, 0.05) is 16.9 Å². The van der Waals surface area contributed by atoms with Gasteiger partial charge in [-0.1, -0.05) is 25.4 Å². The van der Waals surface area contributed by atoms with E-state index in [4.69, 9.17) is 16.3 Å². The van der Waals surface area contributed by atoms with Crippen molar-refractivity contribution in [3.05, 3.63) is 56.8 Å². The number of carbonyl (C=O) groups excluding carboxylic acids is 1. The molecule has 1 aromatic carbocycles. The van der Waals surface area contributed by atoms with Crippen LogP contribution in [-0.4, -0.2) is 24.4 Å². The van der Waals surface area contributed by atoms with Crippen LogP contribution in [0.25, 0.3) is 10.7 Å². The zero-order chi connectivity index (χ0) is 19.9. The molecule has 27 heavy (non-hydrogen) atoms. The molecule has 0 amide bonds. The van der Waals surface area contributed by atoms with E-state index >= 15 is 0 Å². The van der Waals surface area contributed by atoms with Crippen LogP contribution in [0.1, 0.15) is 30.8 Å². The quantitative estimate of drug-likeness (QED) is 0.493. The maximum absolute atomic E-state index is 14.6. The predicted molar refractivity (Wildman–Crippen MR) is 102 cm³/mol. The molecular formula is C17H13BrClFN2O4S. The van der Waals surface area contributed by atoms with E-state index in [0.717, 1.165) is 6.07 Å². The van der Waals surface area contributed by atoms with Crippen LogP contribution in [0.2, 0.25) is 5.02 Å². The summed E-state index contributed by atoms with van der Waals surface area (Å²) in [6, 6.07) is 2.42. The summed E-state index contributed by atoms with van der Waals surface area (Å²) in [6.07, 6.45) is 2.66. The molecule has 6 nitrogen and oxygen atoms in total. The van der Waals surface area contributed by atoms with Crippen molar-refractivity contribution in [2.45, 2.75) is 19.6 Å². The van der Waals surface area contributed by atoms with Crippen molar-refractivity contribution in [1.29, 1.82) is 0 Å². The number of esters is 1. The summed E-state index contributed by atoms with van der Waals surface area (Å²) in [5.41, 5.74) is -0.208. The standard InChI is InChI=1S/C17H13BrClFN2O4S/c1-8(2)17(23)26-15-14-11(21-5-6-22-14)7-27(24,25)16(15)12-10(20)4-3-9(18)13(12)19/h3-6,8H,7H2,1-2H3. The van der Waals surface area contributed by atoms with Crippen molar-refractivity contribution in [3.63, 3.8) is 0 Å². The maximum Gasteiger partial charge on any atom is 0.313 e. The van der Waals surface area contributed by atoms with Crippen molar-refractivity contribution in [3.8, 4) is 0 Å². The van der Waals surface area contributed by atoms with Gasteiger partial charge < -0.3 is 4.74 Å². The number of nitrogens with zero attached hydrogens (tertiary/aromatic N) is 2. The number of aromatic nitrogens is 2. The molecule has 1 aromatic heterocycles. The number of benzene rings is 1. The zero-order valence-electron chi connectivity index (χ0n) is 14.2. The van der Waals surface area contributed by atoms with Crippen LogP contribution >= 0.6 is 27.5 Å². The van der Waals surface area contributed by atoms with Gasteiger partial charge in [0.2, 0.25) is 0 Å². The zero-order valence-corrected chi connectivity index (χ0v) is 17.3. The minimum absolute atomic E-state index is 0.0618. The smallest absolute Gasteiger partial charge is 0.313 e. The van der Waals surface area contributed by atoms with E-state index in [0.29, 0.717) is 4.47 Å². The minimum atomic E-state index is -4.12. The van der Waals surface area contributed by atoms with Gasteiger partial charge in [0.25, 0.3) is 0 Å². The van der Waals surface area contributed by atoms with Crippen LogP contribution < -0.4 is 0 Å². The van der Waals surface area contributed by atoms with Crippen molar-refractivity contribution in [2.75, 3.05) is 0 Å². The summed E-state index contributed by atoms with van der Waals surface area (Å²) in [7, 11) is -4.12. The Morgan fingerprint density at radius 1 is 1.30 bits per heavy atom. The number of rotatable bonds is 3. The van der Waals surface area contributed by atoms with Gasteiger partial charge in [-0.25, -0.2) is 17.8 Å². The first-order valence-electron chi connectivity index (χ1n) is 7.76. The van der Waals surface area contributed by atoms with Crippen molar-refractivity contribution in [2.24, 2.45) is 5.92 Å². The lowest BCUT2D eigenvalue weighted by molar-refractivity contribution is -0.140. The third-order valence-corrected chi connectivity index (χ3v) is 6.72. The molecule has 0 bridgehead atoms. The second kappa shape index (κ2) is 7.29. The monoisotopic (exact) mass is 474 g/mol. The molecular weight excluding hydrogens is 463 g/mol. The van der Waals surface area contributed by atoms with E-state index in [1.165, 1.54) is 18.5 Å². The first-order chi connectivity index (χ1) is 12.6. The Kier molecular flexibility index (Phi) is 5.38. The van der Waals surface area contributed by atoms with Gasteiger partial charge in [-0.2, -0.15) is 0 Å². The number of ether oxygens (including phenoxy) is 1. The van der Waals surface area contributed by atoms with E-state index < -0.39 is 38.2 Å². The fourth-order valence-electron chi connectivity index (χ4n) is 2.48. The fourth-order valence-corrected chi connectivity index (χ4v) is 4.76. The molecule has 0 fully saturated rings. The minimum Gasteiger partial charge on any atom is -0.423 e. The largest absolute Gasteiger partial charge is 0.423 e. The van der Waals surface area contributed by atoms with Crippen LogP contribution in [0.15, 0.2) is 29.0 Å². The molecule has 2 aromatic rings. The van der Waals surface area contributed by atoms with E-state index in [1.54, 1.807) is 13.8 Å². The van der Waals surface area contributed by atoms with Crippen LogP contribution in [0.5, 0.6) is 0 Å². The third-order valence-electron chi connectivity index (χ3n) is 3.78. The molecule has 0 aliphatic carbocycles. The number of fused-ring (bicyclic) bond motifs is 1. The van der Waals surface area contributed by atoms with Crippen LogP contribution in [0.4, 0.5) is 4.39 Å². The van der Waals surface area contributed by atoms with Crippen LogP contribution in [-0.2, 0) is 25.1 Å². The third kappa shape index (κ3) is 3.63. The maximum atomic E-state index is 14.6. The highest BCUT2D eigenvalue weighted by molar-refractivity contribution is 9.10. The Bertz CT molecular complexity index is 1090. The van der Waals surface area contributed by atoms with Gasteiger partial charge in [0.15, 0.2) is 15.6 Å². The highest BCUT2D eigenvalue weighted by Crippen LogP contribution is 2.43. The summed E-state index contributed by atoms with van der Waals surface area (Å²) in [5.74, 6) is -3.00. The average Bonchev–Trinajstić information content (AvgIpc) is 2.59. The Labute approximate surface area is 168 Å². The Hall–Kier alpha value is -1.84. The van der Waals surface area contributed by atoms with Gasteiger partial charge in [-0.15, -0.1) is 0 Å². The molecule has 0 saturated heterocycles. The van der Waals surface area contributed by atoms with E-state index in [2.05, 4.69) is 25.9 Å². The molecule has 1 aliphatic rings. The molecule has 0 N–H and O–H groups in total. The van der Waals surface area contributed by atoms with Gasteiger partial charge >= 0.3 is 5.97 Å². The summed E-state index contributed by atoms with van der Waals surface area (Å²) in [6.45, 7) is 3.17. The number of hydrogen-bond donors (Lipinski definition) is 0. The van der Waals surface area contributed by atoms with E-state index in [-0.39, 0.29) is 27.7 Å². The second-order valence-electron chi connectivity index (χ2n) is 6.06. The van der Waals surface area contributed by atoms with Gasteiger partial charge in [-0.05, 0) is 28.1 Å².